The number of benzene rings is 1. The van der Waals surface area contributed by atoms with E-state index in [1.54, 1.807) is 6.20 Å². The molecule has 1 heterocycles. The number of fused-ring (bicyclic) bond motifs is 1. The Hall–Kier alpha value is -4.17. The first-order valence-electron chi connectivity index (χ1n) is 11.2. The van der Waals surface area contributed by atoms with Crippen LogP contribution < -0.4 is 33.2 Å². The van der Waals surface area contributed by atoms with Crippen LogP contribution in [0, 0.1) is 0 Å². The molecule has 0 spiro atoms. The van der Waals surface area contributed by atoms with Crippen molar-refractivity contribution in [2.45, 2.75) is 37.4 Å². The number of aliphatic hydroxyl groups is 1. The lowest BCUT2D eigenvalue weighted by molar-refractivity contribution is -0.139. The number of aromatic amines is 1. The number of H-pyrrole nitrogens is 1. The Kier molecular flexibility index (Phi) is 10.6. The van der Waals surface area contributed by atoms with E-state index in [4.69, 9.17) is 22.3 Å². The lowest BCUT2D eigenvalue weighted by Crippen LogP contribution is -2.57. The lowest BCUT2D eigenvalue weighted by atomic mass is 10.0. The van der Waals surface area contributed by atoms with E-state index >= 15 is 0 Å². The van der Waals surface area contributed by atoms with Crippen LogP contribution in [0.3, 0.4) is 0 Å². The van der Waals surface area contributed by atoms with Gasteiger partial charge in [0, 0.05) is 23.6 Å². The van der Waals surface area contributed by atoms with Gasteiger partial charge in [0.15, 0.2) is 5.96 Å². The van der Waals surface area contributed by atoms with Gasteiger partial charge < -0.3 is 48.3 Å². The number of amides is 3. The Labute approximate surface area is 206 Å². The SMILES string of the molecule is NC(N)=NCCCC(NC(=O)C(N)Cc1c[nH]c2ccccc12)C(=O)NC(CO)C(=O)NCC(=O)O. The molecule has 0 fully saturated rings. The Bertz CT molecular complexity index is 1100. The molecule has 0 bridgehead atoms. The van der Waals surface area contributed by atoms with Crippen LogP contribution in [-0.2, 0) is 25.6 Å². The average molecular weight is 505 g/mol. The molecular weight excluding hydrogens is 472 g/mol. The normalized spacial score (nSPS) is 13.3. The molecule has 14 nitrogen and oxygen atoms in total. The molecule has 1 aromatic carbocycles. The van der Waals surface area contributed by atoms with Crippen LogP contribution in [0.5, 0.6) is 0 Å². The average Bonchev–Trinajstić information content (AvgIpc) is 3.25. The maximum Gasteiger partial charge on any atom is 0.322 e. The van der Waals surface area contributed by atoms with Crippen molar-refractivity contribution in [3.8, 4) is 0 Å². The van der Waals surface area contributed by atoms with Gasteiger partial charge in [-0.25, -0.2) is 0 Å². The van der Waals surface area contributed by atoms with Crippen molar-refractivity contribution in [2.75, 3.05) is 19.7 Å². The van der Waals surface area contributed by atoms with Crippen LogP contribution in [0.1, 0.15) is 18.4 Å². The molecule has 2 aromatic rings. The molecule has 3 unspecified atom stereocenters. The summed E-state index contributed by atoms with van der Waals surface area (Å²) < 4.78 is 0. The third-order valence-electron chi connectivity index (χ3n) is 5.26. The number of aliphatic hydroxyl groups excluding tert-OH is 1. The number of aliphatic carboxylic acids is 1. The number of aromatic nitrogens is 1. The van der Waals surface area contributed by atoms with Crippen molar-refractivity contribution in [3.05, 3.63) is 36.0 Å². The number of hydrogen-bond donors (Lipinski definition) is 9. The van der Waals surface area contributed by atoms with Gasteiger partial charge in [-0.1, -0.05) is 18.2 Å². The molecule has 0 radical (unpaired) electrons. The molecular formula is C22H32N8O6. The smallest absolute Gasteiger partial charge is 0.322 e. The number of carbonyl (C=O) groups is 4. The highest BCUT2D eigenvalue weighted by molar-refractivity contribution is 5.94. The van der Waals surface area contributed by atoms with E-state index < -0.39 is 55.0 Å². The van der Waals surface area contributed by atoms with Crippen LogP contribution in [0.2, 0.25) is 0 Å². The summed E-state index contributed by atoms with van der Waals surface area (Å²) in [5, 5.41) is 26.1. The van der Waals surface area contributed by atoms with E-state index in [0.717, 1.165) is 16.5 Å². The summed E-state index contributed by atoms with van der Waals surface area (Å²) in [7, 11) is 0. The van der Waals surface area contributed by atoms with Crippen molar-refractivity contribution in [1.29, 1.82) is 0 Å². The van der Waals surface area contributed by atoms with Gasteiger partial charge in [-0.15, -0.1) is 0 Å². The number of nitrogens with zero attached hydrogens (tertiary/aromatic N) is 1. The first-order chi connectivity index (χ1) is 17.1. The second kappa shape index (κ2) is 13.7. The van der Waals surface area contributed by atoms with Gasteiger partial charge in [0.1, 0.15) is 18.6 Å². The van der Waals surface area contributed by atoms with Crippen molar-refractivity contribution < 1.29 is 29.4 Å². The number of rotatable bonds is 14. The number of carboxylic acids is 1. The first-order valence-corrected chi connectivity index (χ1v) is 11.2. The van der Waals surface area contributed by atoms with Crippen LogP contribution in [-0.4, -0.2) is 82.7 Å². The fourth-order valence-corrected chi connectivity index (χ4v) is 3.43. The van der Waals surface area contributed by atoms with Crippen LogP contribution >= 0.6 is 0 Å². The fourth-order valence-electron chi connectivity index (χ4n) is 3.43. The largest absolute Gasteiger partial charge is 0.480 e. The van der Waals surface area contributed by atoms with Crippen molar-refractivity contribution in [2.24, 2.45) is 22.2 Å². The van der Waals surface area contributed by atoms with Crippen molar-refractivity contribution in [3.63, 3.8) is 0 Å². The predicted molar refractivity (Wildman–Crippen MR) is 131 cm³/mol. The van der Waals surface area contributed by atoms with E-state index in [0.29, 0.717) is 6.42 Å². The third kappa shape index (κ3) is 8.56. The number of para-hydroxylation sites is 1. The molecule has 2 rings (SSSR count). The number of carboxylic acid groups (broad SMARTS) is 1. The minimum Gasteiger partial charge on any atom is -0.480 e. The van der Waals surface area contributed by atoms with Crippen molar-refractivity contribution in [1.82, 2.24) is 20.9 Å². The standard InChI is InChI=1S/C22H32N8O6/c23-14(8-12-9-27-15-5-2-1-4-13(12)15)19(34)29-16(6-3-7-26-22(24)25)21(36)30-17(11-31)20(35)28-10-18(32)33/h1-2,4-5,9,14,16-17,27,31H,3,6-8,10-11,23H2,(H,28,35)(H,29,34)(H,30,36)(H,32,33)(H4,24,25,26). The summed E-state index contributed by atoms with van der Waals surface area (Å²) in [6, 6.07) is 4.01. The quantitative estimate of drug-likeness (QED) is 0.0733. The number of nitrogens with two attached hydrogens (primary N) is 3. The monoisotopic (exact) mass is 504 g/mol. The number of nitrogens with one attached hydrogen (secondary N) is 4. The number of hydrogen-bond acceptors (Lipinski definition) is 7. The third-order valence-corrected chi connectivity index (χ3v) is 5.26. The molecule has 0 saturated heterocycles. The van der Waals surface area contributed by atoms with Gasteiger partial charge in [0.05, 0.1) is 12.6 Å². The molecule has 12 N–H and O–H groups in total. The minimum absolute atomic E-state index is 0.100. The second-order valence-corrected chi connectivity index (χ2v) is 8.04. The van der Waals surface area contributed by atoms with E-state index in [2.05, 4.69) is 25.9 Å². The predicted octanol–water partition coefficient (Wildman–Crippen LogP) is -2.75. The zero-order chi connectivity index (χ0) is 26.7. The van der Waals surface area contributed by atoms with Gasteiger partial charge in [-0.2, -0.15) is 0 Å². The molecule has 14 heteroatoms. The topological polar surface area (TPSA) is 251 Å². The highest BCUT2D eigenvalue weighted by atomic mass is 16.4. The number of guanidine groups is 1. The van der Waals surface area contributed by atoms with Crippen LogP contribution in [0.15, 0.2) is 35.5 Å². The van der Waals surface area contributed by atoms with Gasteiger partial charge >= 0.3 is 5.97 Å². The summed E-state index contributed by atoms with van der Waals surface area (Å²) in [5.41, 5.74) is 18.5. The Morgan fingerprint density at radius 2 is 1.72 bits per heavy atom. The summed E-state index contributed by atoms with van der Waals surface area (Å²) in [6.07, 6.45) is 2.37. The van der Waals surface area contributed by atoms with Crippen LogP contribution in [0.4, 0.5) is 0 Å². The van der Waals surface area contributed by atoms with Gasteiger partial charge in [-0.05, 0) is 30.9 Å². The van der Waals surface area contributed by atoms with E-state index in [-0.39, 0.29) is 25.3 Å². The molecule has 0 aliphatic rings. The maximum atomic E-state index is 12.9. The molecule has 36 heavy (non-hydrogen) atoms. The second-order valence-electron chi connectivity index (χ2n) is 8.04. The van der Waals surface area contributed by atoms with Crippen LogP contribution in [0.25, 0.3) is 10.9 Å². The van der Waals surface area contributed by atoms with Gasteiger partial charge in [0.25, 0.3) is 0 Å². The van der Waals surface area contributed by atoms with E-state index in [1.165, 1.54) is 0 Å². The molecule has 3 atom stereocenters. The highest BCUT2D eigenvalue weighted by Gasteiger charge is 2.28. The van der Waals surface area contributed by atoms with Gasteiger partial charge in [0.2, 0.25) is 17.7 Å². The van der Waals surface area contributed by atoms with Crippen molar-refractivity contribution >= 4 is 40.6 Å². The Morgan fingerprint density at radius 3 is 2.39 bits per heavy atom. The van der Waals surface area contributed by atoms with Gasteiger partial charge in [-0.3, -0.25) is 24.2 Å². The summed E-state index contributed by atoms with van der Waals surface area (Å²) in [5.74, 6) is -3.68. The van der Waals surface area contributed by atoms with E-state index in [1.807, 2.05) is 24.3 Å². The number of aliphatic imine (C=N–C) groups is 1. The summed E-state index contributed by atoms with van der Waals surface area (Å²) in [6.45, 7) is -1.29. The zero-order valence-corrected chi connectivity index (χ0v) is 19.6. The maximum absolute atomic E-state index is 12.9. The molecule has 0 aliphatic carbocycles. The molecule has 196 valence electrons. The number of carbonyl (C=O) groups excluding carboxylic acids is 3. The Balaban J connectivity index is 2.07. The fraction of sp³-hybridized carbons (Fsp3) is 0.409. The highest BCUT2D eigenvalue weighted by Crippen LogP contribution is 2.18. The zero-order valence-electron chi connectivity index (χ0n) is 19.6. The minimum atomic E-state index is -1.42. The van der Waals surface area contributed by atoms with E-state index in [9.17, 15) is 24.3 Å². The molecule has 3 amide bonds. The summed E-state index contributed by atoms with van der Waals surface area (Å²) >= 11 is 0. The first kappa shape index (κ1) is 28.1. The summed E-state index contributed by atoms with van der Waals surface area (Å²) in [4.78, 5) is 55.4. The molecule has 1 aromatic heterocycles. The lowest BCUT2D eigenvalue weighted by Gasteiger charge is -2.23. The molecule has 0 aliphatic heterocycles. The Morgan fingerprint density at radius 1 is 1.03 bits per heavy atom. The molecule has 0 saturated carbocycles.